The fraction of sp³-hybridized carbons (Fsp3) is 0.286. The molecule has 3 heteroatoms. The minimum atomic E-state index is 0.142. The number of hydrogen-bond donors (Lipinski definition) is 1. The smallest absolute Gasteiger partial charge is 0.125 e. The fourth-order valence-electron chi connectivity index (χ4n) is 2.37. The Kier molecular flexibility index (Phi) is 2.61. The molecule has 0 saturated carbocycles. The van der Waals surface area contributed by atoms with Crippen LogP contribution in [0.15, 0.2) is 41.0 Å². The Labute approximate surface area is 100 Å². The van der Waals surface area contributed by atoms with E-state index in [0.717, 1.165) is 24.5 Å². The Hall–Kier alpha value is -1.74. The van der Waals surface area contributed by atoms with Crippen LogP contribution in [0.5, 0.6) is 5.75 Å². The summed E-state index contributed by atoms with van der Waals surface area (Å²) in [5.41, 5.74) is 2.62. The van der Waals surface area contributed by atoms with Crippen molar-refractivity contribution >= 4 is 0 Å². The molecule has 1 unspecified atom stereocenters. The van der Waals surface area contributed by atoms with Crippen molar-refractivity contribution in [1.82, 2.24) is 5.32 Å². The van der Waals surface area contributed by atoms with Gasteiger partial charge in [-0.05, 0) is 41.8 Å². The van der Waals surface area contributed by atoms with Crippen LogP contribution < -0.4 is 10.1 Å². The predicted molar refractivity (Wildman–Crippen MR) is 65.3 cm³/mol. The van der Waals surface area contributed by atoms with Crippen LogP contribution in [0.1, 0.15) is 22.9 Å². The maximum Gasteiger partial charge on any atom is 0.125 e. The molecule has 0 bridgehead atoms. The van der Waals surface area contributed by atoms with Crippen LogP contribution in [0.25, 0.3) is 0 Å². The van der Waals surface area contributed by atoms with Gasteiger partial charge in [-0.2, -0.15) is 0 Å². The number of nitrogens with one attached hydrogen (secondary N) is 1. The Balaban J connectivity index is 2.06. The van der Waals surface area contributed by atoms with Gasteiger partial charge >= 0.3 is 0 Å². The minimum absolute atomic E-state index is 0.142. The average Bonchev–Trinajstić information content (AvgIpc) is 2.91. The van der Waals surface area contributed by atoms with Crippen molar-refractivity contribution in [3.8, 4) is 5.75 Å². The second-order valence-electron chi connectivity index (χ2n) is 4.22. The molecule has 2 aromatic rings. The van der Waals surface area contributed by atoms with Gasteiger partial charge in [0.15, 0.2) is 0 Å². The van der Waals surface area contributed by atoms with Crippen molar-refractivity contribution in [3.05, 3.63) is 53.5 Å². The number of furan rings is 1. The molecule has 0 spiro atoms. The summed E-state index contributed by atoms with van der Waals surface area (Å²) in [6, 6.07) is 10.3. The summed E-state index contributed by atoms with van der Waals surface area (Å²) in [6.45, 7) is 0.977. The van der Waals surface area contributed by atoms with Crippen LogP contribution in [-0.4, -0.2) is 13.7 Å². The maximum absolute atomic E-state index is 5.50. The van der Waals surface area contributed by atoms with Crippen LogP contribution in [0.4, 0.5) is 0 Å². The zero-order valence-corrected chi connectivity index (χ0v) is 9.77. The number of rotatable bonds is 2. The standard InChI is InChI=1S/C14H15NO2/c1-16-11-5-4-10-6-7-15-14(12(10)9-11)13-3-2-8-17-13/h2-5,8-9,14-15H,6-7H2,1H3. The third kappa shape index (κ3) is 1.83. The lowest BCUT2D eigenvalue weighted by atomic mass is 9.93. The highest BCUT2D eigenvalue weighted by atomic mass is 16.5. The maximum atomic E-state index is 5.50. The number of benzene rings is 1. The van der Waals surface area contributed by atoms with Crippen molar-refractivity contribution in [2.45, 2.75) is 12.5 Å². The Morgan fingerprint density at radius 1 is 1.35 bits per heavy atom. The van der Waals surface area contributed by atoms with E-state index in [1.807, 2.05) is 18.2 Å². The third-order valence-electron chi connectivity index (χ3n) is 3.23. The molecule has 1 atom stereocenters. The van der Waals surface area contributed by atoms with E-state index < -0.39 is 0 Å². The lowest BCUT2D eigenvalue weighted by Crippen LogP contribution is -2.30. The molecule has 17 heavy (non-hydrogen) atoms. The first-order chi connectivity index (χ1) is 8.38. The van der Waals surface area contributed by atoms with Gasteiger partial charge in [0.25, 0.3) is 0 Å². The molecule has 0 amide bonds. The number of ether oxygens (including phenoxy) is 1. The van der Waals surface area contributed by atoms with Crippen molar-refractivity contribution in [2.24, 2.45) is 0 Å². The molecule has 1 aromatic heterocycles. The van der Waals surface area contributed by atoms with E-state index in [-0.39, 0.29) is 6.04 Å². The molecule has 1 N–H and O–H groups in total. The number of methoxy groups -OCH3 is 1. The highest BCUT2D eigenvalue weighted by Gasteiger charge is 2.23. The first-order valence-electron chi connectivity index (χ1n) is 5.82. The molecule has 0 saturated heterocycles. The third-order valence-corrected chi connectivity index (χ3v) is 3.23. The summed E-state index contributed by atoms with van der Waals surface area (Å²) < 4.78 is 10.8. The van der Waals surface area contributed by atoms with Crippen LogP contribution in [0, 0.1) is 0 Å². The summed E-state index contributed by atoms with van der Waals surface area (Å²) in [6.07, 6.45) is 2.77. The molecular weight excluding hydrogens is 214 g/mol. The highest BCUT2D eigenvalue weighted by Crippen LogP contribution is 2.31. The van der Waals surface area contributed by atoms with Gasteiger partial charge in [0.05, 0.1) is 19.4 Å². The van der Waals surface area contributed by atoms with Crippen molar-refractivity contribution in [2.75, 3.05) is 13.7 Å². The summed E-state index contributed by atoms with van der Waals surface area (Å²) in [5, 5.41) is 3.48. The molecule has 88 valence electrons. The van der Waals surface area contributed by atoms with E-state index >= 15 is 0 Å². The van der Waals surface area contributed by atoms with Crippen LogP contribution in [-0.2, 0) is 6.42 Å². The Morgan fingerprint density at radius 3 is 3.06 bits per heavy atom. The SMILES string of the molecule is COc1ccc2c(c1)C(c1ccco1)NCC2. The summed E-state index contributed by atoms with van der Waals surface area (Å²) in [5.74, 6) is 1.85. The van der Waals surface area contributed by atoms with Gasteiger partial charge in [-0.25, -0.2) is 0 Å². The van der Waals surface area contributed by atoms with Gasteiger partial charge in [0.2, 0.25) is 0 Å². The molecule has 0 fully saturated rings. The monoisotopic (exact) mass is 229 g/mol. The van der Waals surface area contributed by atoms with E-state index in [4.69, 9.17) is 9.15 Å². The zero-order chi connectivity index (χ0) is 11.7. The molecule has 1 aliphatic rings. The molecule has 1 aliphatic heterocycles. The Bertz CT molecular complexity index is 505. The molecule has 0 radical (unpaired) electrons. The second kappa shape index (κ2) is 4.26. The first-order valence-corrected chi connectivity index (χ1v) is 5.82. The summed E-state index contributed by atoms with van der Waals surface area (Å²) in [7, 11) is 1.69. The average molecular weight is 229 g/mol. The number of hydrogen-bond acceptors (Lipinski definition) is 3. The number of fused-ring (bicyclic) bond motifs is 1. The predicted octanol–water partition coefficient (Wildman–Crippen LogP) is 2.52. The van der Waals surface area contributed by atoms with Crippen LogP contribution in [0.3, 0.4) is 0 Å². The van der Waals surface area contributed by atoms with E-state index in [0.29, 0.717) is 0 Å². The highest BCUT2D eigenvalue weighted by molar-refractivity contribution is 5.42. The molecule has 1 aromatic carbocycles. The lowest BCUT2D eigenvalue weighted by Gasteiger charge is -2.25. The first kappa shape index (κ1) is 10.4. The topological polar surface area (TPSA) is 34.4 Å². The Morgan fingerprint density at radius 2 is 2.29 bits per heavy atom. The lowest BCUT2D eigenvalue weighted by molar-refractivity contribution is 0.408. The van der Waals surface area contributed by atoms with Crippen LogP contribution >= 0.6 is 0 Å². The molecule has 2 heterocycles. The van der Waals surface area contributed by atoms with E-state index in [9.17, 15) is 0 Å². The second-order valence-corrected chi connectivity index (χ2v) is 4.22. The van der Waals surface area contributed by atoms with Gasteiger partial charge < -0.3 is 14.5 Å². The molecular formula is C14H15NO2. The summed E-state index contributed by atoms with van der Waals surface area (Å²) in [4.78, 5) is 0. The van der Waals surface area contributed by atoms with Crippen molar-refractivity contribution in [1.29, 1.82) is 0 Å². The van der Waals surface area contributed by atoms with Gasteiger partial charge in [0.1, 0.15) is 11.5 Å². The van der Waals surface area contributed by atoms with Crippen molar-refractivity contribution < 1.29 is 9.15 Å². The summed E-state index contributed by atoms with van der Waals surface area (Å²) >= 11 is 0. The van der Waals surface area contributed by atoms with Crippen LogP contribution in [0.2, 0.25) is 0 Å². The largest absolute Gasteiger partial charge is 0.497 e. The van der Waals surface area contributed by atoms with E-state index in [1.165, 1.54) is 11.1 Å². The van der Waals surface area contributed by atoms with E-state index in [1.54, 1.807) is 13.4 Å². The quantitative estimate of drug-likeness (QED) is 0.859. The van der Waals surface area contributed by atoms with Gasteiger partial charge in [0, 0.05) is 6.54 Å². The normalized spacial score (nSPS) is 18.8. The minimum Gasteiger partial charge on any atom is -0.497 e. The fourth-order valence-corrected chi connectivity index (χ4v) is 2.37. The van der Waals surface area contributed by atoms with Gasteiger partial charge in [-0.3, -0.25) is 0 Å². The molecule has 0 aliphatic carbocycles. The molecule has 3 rings (SSSR count). The molecule has 3 nitrogen and oxygen atoms in total. The van der Waals surface area contributed by atoms with Gasteiger partial charge in [-0.15, -0.1) is 0 Å². The van der Waals surface area contributed by atoms with Crippen molar-refractivity contribution in [3.63, 3.8) is 0 Å². The van der Waals surface area contributed by atoms with Gasteiger partial charge in [-0.1, -0.05) is 6.07 Å². The van der Waals surface area contributed by atoms with E-state index in [2.05, 4.69) is 17.4 Å². The zero-order valence-electron chi connectivity index (χ0n) is 9.77.